The van der Waals surface area contributed by atoms with Crippen LogP contribution in [-0.2, 0) is 27.7 Å². The van der Waals surface area contributed by atoms with Crippen molar-refractivity contribution in [3.63, 3.8) is 0 Å². The molecule has 1 aliphatic heterocycles. The van der Waals surface area contributed by atoms with E-state index in [0.717, 1.165) is 17.7 Å². The van der Waals surface area contributed by atoms with Gasteiger partial charge in [0.1, 0.15) is 5.76 Å². The molecule has 26 heavy (non-hydrogen) atoms. The van der Waals surface area contributed by atoms with Gasteiger partial charge in [-0.05, 0) is 42.7 Å². The van der Waals surface area contributed by atoms with Crippen LogP contribution >= 0.6 is 0 Å². The normalized spacial score (nSPS) is 13.7. The second-order valence-electron chi connectivity index (χ2n) is 6.46. The van der Waals surface area contributed by atoms with Gasteiger partial charge in [-0.15, -0.1) is 0 Å². The van der Waals surface area contributed by atoms with Crippen LogP contribution in [0.3, 0.4) is 0 Å². The average molecular weight is 376 g/mol. The largest absolute Gasteiger partial charge is 0.469 e. The van der Waals surface area contributed by atoms with Crippen LogP contribution in [0.15, 0.2) is 41.0 Å². The summed E-state index contributed by atoms with van der Waals surface area (Å²) >= 11 is 0. The monoisotopic (exact) mass is 376 g/mol. The molecule has 0 saturated carbocycles. The number of carbonyl (C=O) groups is 1. The lowest BCUT2D eigenvalue weighted by Crippen LogP contribution is -2.31. The minimum atomic E-state index is -3.31. The zero-order valence-electron chi connectivity index (χ0n) is 14.9. The number of amides is 1. The number of furan rings is 1. The second-order valence-corrected chi connectivity index (χ2v) is 8.48. The predicted molar refractivity (Wildman–Crippen MR) is 102 cm³/mol. The van der Waals surface area contributed by atoms with Gasteiger partial charge < -0.3 is 9.73 Å². The van der Waals surface area contributed by atoms with Crippen molar-refractivity contribution in [1.82, 2.24) is 0 Å². The molecule has 3 rings (SSSR count). The average Bonchev–Trinajstić information content (AvgIpc) is 3.27. The predicted octanol–water partition coefficient (Wildman–Crippen LogP) is 3.34. The molecule has 0 radical (unpaired) electrons. The van der Waals surface area contributed by atoms with Crippen molar-refractivity contribution >= 4 is 27.3 Å². The molecule has 1 amide bonds. The van der Waals surface area contributed by atoms with Crippen molar-refractivity contribution in [1.29, 1.82) is 0 Å². The van der Waals surface area contributed by atoms with Gasteiger partial charge in [-0.25, -0.2) is 8.42 Å². The van der Waals surface area contributed by atoms with Gasteiger partial charge in [0.25, 0.3) is 0 Å². The summed E-state index contributed by atoms with van der Waals surface area (Å²) in [6, 6.07) is 9.11. The molecule has 1 aromatic carbocycles. The van der Waals surface area contributed by atoms with E-state index in [9.17, 15) is 13.2 Å². The van der Waals surface area contributed by atoms with Crippen LogP contribution in [0.25, 0.3) is 0 Å². The first-order valence-corrected chi connectivity index (χ1v) is 10.6. The van der Waals surface area contributed by atoms with Gasteiger partial charge >= 0.3 is 0 Å². The fourth-order valence-corrected chi connectivity index (χ4v) is 4.78. The van der Waals surface area contributed by atoms with Crippen LogP contribution in [0, 0.1) is 0 Å². The number of carbonyl (C=O) groups excluding carboxylic acids is 1. The molecule has 0 spiro atoms. The lowest BCUT2D eigenvalue weighted by Gasteiger charge is -2.20. The number of sulfonamides is 1. The van der Waals surface area contributed by atoms with Crippen molar-refractivity contribution in [2.45, 2.75) is 39.0 Å². The third-order valence-corrected chi connectivity index (χ3v) is 6.35. The highest BCUT2D eigenvalue weighted by Crippen LogP contribution is 2.33. The van der Waals surface area contributed by atoms with E-state index >= 15 is 0 Å². The molecular formula is C19H24N2O4S. The van der Waals surface area contributed by atoms with Gasteiger partial charge in [-0.3, -0.25) is 9.10 Å². The quantitative estimate of drug-likeness (QED) is 0.766. The van der Waals surface area contributed by atoms with Gasteiger partial charge in [0, 0.05) is 25.1 Å². The highest BCUT2D eigenvalue weighted by molar-refractivity contribution is 7.92. The van der Waals surface area contributed by atoms with E-state index < -0.39 is 10.0 Å². The molecule has 2 heterocycles. The maximum Gasteiger partial charge on any atom is 0.235 e. The number of nitrogens with one attached hydrogen (secondary N) is 1. The molecule has 140 valence electrons. The summed E-state index contributed by atoms with van der Waals surface area (Å²) in [6.45, 7) is 2.45. The van der Waals surface area contributed by atoms with Crippen LogP contribution in [0.4, 0.5) is 11.4 Å². The highest BCUT2D eigenvalue weighted by Gasteiger charge is 2.29. The maximum absolute atomic E-state index is 12.5. The molecule has 0 atom stereocenters. The van der Waals surface area contributed by atoms with Crippen molar-refractivity contribution in [2.24, 2.45) is 0 Å². The van der Waals surface area contributed by atoms with Gasteiger partial charge in [0.2, 0.25) is 15.9 Å². The van der Waals surface area contributed by atoms with Crippen LogP contribution in [-0.4, -0.2) is 26.6 Å². The standard InChI is InChI=1S/C19H24N2O4S/c1-2-3-13-26(23,24)21-11-10-15-6-7-16(14-18(15)21)20-19(22)9-8-17-5-4-12-25-17/h4-7,12,14H,2-3,8-11,13H2,1H3,(H,20,22). The molecule has 7 heteroatoms. The lowest BCUT2D eigenvalue weighted by atomic mass is 10.1. The SMILES string of the molecule is CCCCS(=O)(=O)N1CCc2ccc(NC(=O)CCc3ccco3)cc21. The number of hydrogen-bond donors (Lipinski definition) is 1. The Morgan fingerprint density at radius 1 is 1.31 bits per heavy atom. The van der Waals surface area contributed by atoms with Crippen molar-refractivity contribution < 1.29 is 17.6 Å². The molecule has 0 aliphatic carbocycles. The van der Waals surface area contributed by atoms with Gasteiger partial charge in [-0.2, -0.15) is 0 Å². The third-order valence-electron chi connectivity index (χ3n) is 4.49. The summed E-state index contributed by atoms with van der Waals surface area (Å²) in [7, 11) is -3.31. The number of aryl methyl sites for hydroxylation is 1. The first-order valence-electron chi connectivity index (χ1n) is 8.95. The summed E-state index contributed by atoms with van der Waals surface area (Å²) in [5.74, 6) is 0.796. The third kappa shape index (κ3) is 4.27. The number of nitrogens with zero attached hydrogens (tertiary/aromatic N) is 1. The molecule has 0 fully saturated rings. The van der Waals surface area contributed by atoms with E-state index in [1.54, 1.807) is 18.4 Å². The van der Waals surface area contributed by atoms with E-state index in [1.165, 1.54) is 4.31 Å². The molecule has 0 saturated heterocycles. The Bertz CT molecular complexity index is 860. The Labute approximate surface area is 154 Å². The summed E-state index contributed by atoms with van der Waals surface area (Å²) < 4.78 is 31.8. The van der Waals surface area contributed by atoms with Crippen molar-refractivity contribution in [3.8, 4) is 0 Å². The molecule has 0 unspecified atom stereocenters. The summed E-state index contributed by atoms with van der Waals surface area (Å²) in [5.41, 5.74) is 2.30. The Kier molecular flexibility index (Phi) is 5.66. The van der Waals surface area contributed by atoms with E-state index in [-0.39, 0.29) is 11.7 Å². The first kappa shape index (κ1) is 18.5. The van der Waals surface area contributed by atoms with Gasteiger partial charge in [0.15, 0.2) is 0 Å². The molecule has 0 bridgehead atoms. The van der Waals surface area contributed by atoms with E-state index in [0.29, 0.717) is 43.6 Å². The van der Waals surface area contributed by atoms with Crippen molar-refractivity contribution in [3.05, 3.63) is 47.9 Å². The maximum atomic E-state index is 12.5. The first-order chi connectivity index (χ1) is 12.5. The highest BCUT2D eigenvalue weighted by atomic mass is 32.2. The fourth-order valence-electron chi connectivity index (χ4n) is 3.07. The fraction of sp³-hybridized carbons (Fsp3) is 0.421. The van der Waals surface area contributed by atoms with Crippen LogP contribution in [0.1, 0.15) is 37.5 Å². The van der Waals surface area contributed by atoms with Crippen LogP contribution < -0.4 is 9.62 Å². The van der Waals surface area contributed by atoms with Crippen LogP contribution in [0.5, 0.6) is 0 Å². The van der Waals surface area contributed by atoms with Gasteiger partial charge in [-0.1, -0.05) is 19.4 Å². The summed E-state index contributed by atoms with van der Waals surface area (Å²) in [6.07, 6.45) is 4.61. The number of unbranched alkanes of at least 4 members (excludes halogenated alkanes) is 1. The number of hydrogen-bond acceptors (Lipinski definition) is 4. The molecule has 6 nitrogen and oxygen atoms in total. The topological polar surface area (TPSA) is 79.6 Å². The van der Waals surface area contributed by atoms with Crippen molar-refractivity contribution in [2.75, 3.05) is 21.9 Å². The van der Waals surface area contributed by atoms with E-state index in [2.05, 4.69) is 5.32 Å². The number of benzene rings is 1. The Morgan fingerprint density at radius 2 is 2.15 bits per heavy atom. The number of rotatable bonds is 8. The molecule has 1 N–H and O–H groups in total. The minimum absolute atomic E-state index is 0.125. The van der Waals surface area contributed by atoms with E-state index in [4.69, 9.17) is 4.42 Å². The zero-order valence-corrected chi connectivity index (χ0v) is 15.7. The smallest absolute Gasteiger partial charge is 0.235 e. The molecule has 1 aromatic heterocycles. The lowest BCUT2D eigenvalue weighted by molar-refractivity contribution is -0.116. The summed E-state index contributed by atoms with van der Waals surface area (Å²) in [4.78, 5) is 12.1. The number of anilines is 2. The minimum Gasteiger partial charge on any atom is -0.469 e. The van der Waals surface area contributed by atoms with E-state index in [1.807, 2.05) is 25.1 Å². The molecular weight excluding hydrogens is 352 g/mol. The Balaban J connectivity index is 1.68. The molecule has 1 aliphatic rings. The summed E-state index contributed by atoms with van der Waals surface area (Å²) in [5, 5.41) is 2.85. The number of fused-ring (bicyclic) bond motifs is 1. The molecule has 2 aromatic rings. The zero-order chi connectivity index (χ0) is 18.6. The van der Waals surface area contributed by atoms with Gasteiger partial charge in [0.05, 0.1) is 17.7 Å². The van der Waals surface area contributed by atoms with Crippen LogP contribution in [0.2, 0.25) is 0 Å². The Hall–Kier alpha value is -2.28. The second kappa shape index (κ2) is 7.95. The Morgan fingerprint density at radius 3 is 2.88 bits per heavy atom.